The molecule has 7 rings (SSSR count). The lowest BCUT2D eigenvalue weighted by atomic mass is 9.55. The molecule has 0 N–H and O–H groups in total. The summed E-state index contributed by atoms with van der Waals surface area (Å²) < 4.78 is 5.03. The van der Waals surface area contributed by atoms with E-state index in [1.807, 2.05) is 24.3 Å². The van der Waals surface area contributed by atoms with Gasteiger partial charge in [0.25, 0.3) is 0 Å². The van der Waals surface area contributed by atoms with Gasteiger partial charge in [0, 0.05) is 11.8 Å². The summed E-state index contributed by atoms with van der Waals surface area (Å²) in [7, 11) is 0. The van der Waals surface area contributed by atoms with Crippen LogP contribution >= 0.6 is 0 Å². The summed E-state index contributed by atoms with van der Waals surface area (Å²) in [5.41, 5.74) is 5.49. The smallest absolute Gasteiger partial charge is 0.338 e. The van der Waals surface area contributed by atoms with Gasteiger partial charge in [0.1, 0.15) is 0 Å². The Morgan fingerprint density at radius 1 is 0.750 bits per heavy atom. The van der Waals surface area contributed by atoms with Crippen molar-refractivity contribution in [2.75, 3.05) is 11.5 Å². The molecule has 5 heteroatoms. The number of imide groups is 1. The Morgan fingerprint density at radius 2 is 1.19 bits per heavy atom. The van der Waals surface area contributed by atoms with E-state index < -0.39 is 17.8 Å². The molecule has 3 aromatic rings. The van der Waals surface area contributed by atoms with Crippen LogP contribution in [0.1, 0.15) is 51.4 Å². The molecule has 2 amide bonds. The summed E-state index contributed by atoms with van der Waals surface area (Å²) in [6.45, 7) is 2.04. The number of ether oxygens (including phenoxy) is 1. The van der Waals surface area contributed by atoms with Gasteiger partial charge in [-0.05, 0) is 53.4 Å². The number of carbonyl (C=O) groups excluding carboxylic acids is 3. The minimum absolute atomic E-state index is 0.127. The number of anilines is 1. The molecule has 158 valence electrons. The lowest BCUT2D eigenvalue weighted by Gasteiger charge is -2.45. The van der Waals surface area contributed by atoms with Crippen molar-refractivity contribution in [2.45, 2.75) is 18.8 Å². The van der Waals surface area contributed by atoms with Gasteiger partial charge in [-0.15, -0.1) is 0 Å². The zero-order valence-corrected chi connectivity index (χ0v) is 17.5. The number of amides is 2. The van der Waals surface area contributed by atoms with Gasteiger partial charge in [-0.25, -0.2) is 9.69 Å². The SMILES string of the molecule is CCOC(=O)c1ccc(N2C(=O)[C@@H]3C4c5ccccc5C(c5ccccc54)[C@@H]3C2=O)cc1. The van der Waals surface area contributed by atoms with Gasteiger partial charge >= 0.3 is 5.97 Å². The molecule has 1 saturated heterocycles. The van der Waals surface area contributed by atoms with E-state index in [1.165, 1.54) is 4.90 Å². The van der Waals surface area contributed by atoms with Crippen molar-refractivity contribution >= 4 is 23.5 Å². The van der Waals surface area contributed by atoms with E-state index in [4.69, 9.17) is 4.74 Å². The van der Waals surface area contributed by atoms with Crippen molar-refractivity contribution in [2.24, 2.45) is 11.8 Å². The quantitative estimate of drug-likeness (QED) is 0.467. The van der Waals surface area contributed by atoms with Crippen LogP contribution in [0.15, 0.2) is 72.8 Å². The number of esters is 1. The van der Waals surface area contributed by atoms with Crippen LogP contribution in [0.25, 0.3) is 0 Å². The lowest BCUT2D eigenvalue weighted by molar-refractivity contribution is -0.122. The molecule has 0 saturated carbocycles. The summed E-state index contributed by atoms with van der Waals surface area (Å²) in [5.74, 6) is -1.83. The molecule has 0 radical (unpaired) electrons. The molecule has 3 aromatic carbocycles. The standard InChI is InChI=1S/C27H21NO4/c1-2-32-27(31)15-11-13-16(14-12-15)28-25(29)23-21-17-7-3-4-8-18(17)22(24(23)26(28)30)20-10-6-5-9-19(20)21/h3-14,21-24H,2H2,1H3/t21?,22?,23-,24+. The van der Waals surface area contributed by atoms with Crippen LogP contribution < -0.4 is 4.90 Å². The highest BCUT2D eigenvalue weighted by molar-refractivity contribution is 6.23. The van der Waals surface area contributed by atoms with E-state index in [2.05, 4.69) is 24.3 Å². The molecule has 32 heavy (non-hydrogen) atoms. The minimum atomic E-state index is -0.421. The fraction of sp³-hybridized carbons (Fsp3) is 0.222. The largest absolute Gasteiger partial charge is 0.462 e. The monoisotopic (exact) mass is 423 g/mol. The molecule has 1 heterocycles. The molecule has 2 atom stereocenters. The van der Waals surface area contributed by atoms with E-state index >= 15 is 0 Å². The molecule has 0 aromatic heterocycles. The highest BCUT2D eigenvalue weighted by Crippen LogP contribution is 2.61. The summed E-state index contributed by atoms with van der Waals surface area (Å²) in [4.78, 5) is 40.7. The summed E-state index contributed by atoms with van der Waals surface area (Å²) in [6.07, 6.45) is 0. The molecule has 0 spiro atoms. The van der Waals surface area contributed by atoms with E-state index in [1.54, 1.807) is 31.2 Å². The first kappa shape index (κ1) is 19.0. The van der Waals surface area contributed by atoms with Gasteiger partial charge in [-0.3, -0.25) is 9.59 Å². The Morgan fingerprint density at radius 3 is 1.59 bits per heavy atom. The van der Waals surface area contributed by atoms with Crippen LogP contribution in [0.2, 0.25) is 0 Å². The topological polar surface area (TPSA) is 63.7 Å². The van der Waals surface area contributed by atoms with E-state index in [0.29, 0.717) is 11.3 Å². The normalized spacial score (nSPS) is 24.7. The number of hydrogen-bond donors (Lipinski definition) is 0. The Hall–Kier alpha value is -3.73. The minimum Gasteiger partial charge on any atom is -0.462 e. The van der Waals surface area contributed by atoms with E-state index in [-0.39, 0.29) is 30.3 Å². The predicted octanol–water partition coefficient (Wildman–Crippen LogP) is 4.26. The van der Waals surface area contributed by atoms with Gasteiger partial charge in [0.05, 0.1) is 29.7 Å². The van der Waals surface area contributed by atoms with Crippen molar-refractivity contribution < 1.29 is 19.1 Å². The molecular weight excluding hydrogens is 402 g/mol. The maximum absolute atomic E-state index is 13.7. The number of rotatable bonds is 3. The number of benzene rings is 3. The van der Waals surface area contributed by atoms with Gasteiger partial charge in [0.15, 0.2) is 0 Å². The first-order chi connectivity index (χ1) is 15.6. The molecule has 5 nitrogen and oxygen atoms in total. The number of hydrogen-bond acceptors (Lipinski definition) is 4. The summed E-state index contributed by atoms with van der Waals surface area (Å²) in [5, 5.41) is 0. The van der Waals surface area contributed by atoms with E-state index in [0.717, 1.165) is 22.3 Å². The van der Waals surface area contributed by atoms with Crippen LogP contribution in [0.5, 0.6) is 0 Å². The van der Waals surface area contributed by atoms with Crippen molar-refractivity contribution in [1.82, 2.24) is 0 Å². The van der Waals surface area contributed by atoms with Gasteiger partial charge < -0.3 is 4.74 Å². The molecule has 1 fully saturated rings. The Balaban J connectivity index is 1.44. The van der Waals surface area contributed by atoms with Crippen LogP contribution in [-0.2, 0) is 14.3 Å². The summed E-state index contributed by atoms with van der Waals surface area (Å²) >= 11 is 0. The molecule has 1 aliphatic heterocycles. The third kappa shape index (κ3) is 2.42. The second kappa shape index (κ2) is 6.89. The van der Waals surface area contributed by atoms with Crippen LogP contribution in [0, 0.1) is 11.8 Å². The third-order valence-electron chi connectivity index (χ3n) is 7.09. The zero-order chi connectivity index (χ0) is 22.0. The summed E-state index contributed by atoms with van der Waals surface area (Å²) in [6, 6.07) is 22.9. The molecule has 2 bridgehead atoms. The molecule has 4 aliphatic rings. The van der Waals surface area contributed by atoms with Crippen molar-refractivity contribution in [3.05, 3.63) is 101 Å². The average molecular weight is 423 g/mol. The maximum atomic E-state index is 13.7. The second-order valence-electron chi connectivity index (χ2n) is 8.54. The molecular formula is C27H21NO4. The maximum Gasteiger partial charge on any atom is 0.338 e. The first-order valence-electron chi connectivity index (χ1n) is 10.9. The number of nitrogens with zero attached hydrogens (tertiary/aromatic N) is 1. The Labute approximate surface area is 185 Å². The van der Waals surface area contributed by atoms with Crippen LogP contribution in [0.3, 0.4) is 0 Å². The van der Waals surface area contributed by atoms with Crippen molar-refractivity contribution in [3.8, 4) is 0 Å². The Kier molecular flexibility index (Phi) is 4.09. The Bertz CT molecular complexity index is 1160. The highest BCUT2D eigenvalue weighted by atomic mass is 16.5. The zero-order valence-electron chi connectivity index (χ0n) is 17.5. The van der Waals surface area contributed by atoms with Gasteiger partial charge in [-0.2, -0.15) is 0 Å². The molecule has 3 aliphatic carbocycles. The van der Waals surface area contributed by atoms with Crippen LogP contribution in [-0.4, -0.2) is 24.4 Å². The highest BCUT2D eigenvalue weighted by Gasteiger charge is 2.61. The van der Waals surface area contributed by atoms with Gasteiger partial charge in [-0.1, -0.05) is 48.5 Å². The first-order valence-corrected chi connectivity index (χ1v) is 10.9. The van der Waals surface area contributed by atoms with Gasteiger partial charge in [0.2, 0.25) is 11.8 Å². The lowest BCUT2D eigenvalue weighted by Crippen LogP contribution is -2.41. The fourth-order valence-corrected chi connectivity index (χ4v) is 5.89. The third-order valence-corrected chi connectivity index (χ3v) is 7.09. The predicted molar refractivity (Wildman–Crippen MR) is 118 cm³/mol. The molecule has 0 unspecified atom stereocenters. The fourth-order valence-electron chi connectivity index (χ4n) is 5.89. The van der Waals surface area contributed by atoms with Crippen molar-refractivity contribution in [3.63, 3.8) is 0 Å². The number of carbonyl (C=O) groups is 3. The van der Waals surface area contributed by atoms with Crippen molar-refractivity contribution in [1.29, 1.82) is 0 Å². The average Bonchev–Trinajstić information content (AvgIpc) is 3.10. The van der Waals surface area contributed by atoms with Crippen LogP contribution in [0.4, 0.5) is 5.69 Å². The van der Waals surface area contributed by atoms with E-state index in [9.17, 15) is 14.4 Å². The second-order valence-corrected chi connectivity index (χ2v) is 8.54.